The summed E-state index contributed by atoms with van der Waals surface area (Å²) in [7, 11) is 2.28. The second kappa shape index (κ2) is 9.87. The molecular weight excluding hydrogens is 422 g/mol. The van der Waals surface area contributed by atoms with E-state index in [1.807, 2.05) is 18.3 Å². The molecule has 0 amide bonds. The highest BCUT2D eigenvalue weighted by Gasteiger charge is 2.38. The molecule has 0 radical (unpaired) electrons. The molecule has 3 atom stereocenters. The number of rotatable bonds is 5. The third-order valence-corrected chi connectivity index (χ3v) is 6.35. The van der Waals surface area contributed by atoms with Crippen molar-refractivity contribution in [2.45, 2.75) is 43.8 Å². The average molecular weight is 450 g/mol. The predicted molar refractivity (Wildman–Crippen MR) is 125 cm³/mol. The van der Waals surface area contributed by atoms with Crippen LogP contribution < -0.4 is 5.32 Å². The van der Waals surface area contributed by atoms with Crippen molar-refractivity contribution in [2.24, 2.45) is 0 Å². The molecule has 2 aromatic heterocycles. The molecule has 0 spiro atoms. The second-order valence-corrected chi connectivity index (χ2v) is 8.48. The Morgan fingerprint density at radius 1 is 1.06 bits per heavy atom. The average Bonchev–Trinajstić information content (AvgIpc) is 3.33. The Kier molecular flexibility index (Phi) is 6.74. The number of nitrogens with one attached hydrogen (secondary N) is 1. The van der Waals surface area contributed by atoms with Gasteiger partial charge in [0.2, 0.25) is 0 Å². The summed E-state index contributed by atoms with van der Waals surface area (Å²) in [6, 6.07) is 14.5. The number of carboxylic acid groups (broad SMARTS) is 2. The molecule has 8 nitrogen and oxygen atoms in total. The van der Waals surface area contributed by atoms with Gasteiger partial charge in [-0.3, -0.25) is 4.98 Å². The second-order valence-electron chi connectivity index (χ2n) is 8.48. The predicted octanol–water partition coefficient (Wildman–Crippen LogP) is 4.24. The minimum Gasteiger partial charge on any atom is -0.478 e. The van der Waals surface area contributed by atoms with Gasteiger partial charge < -0.3 is 24.8 Å². The number of furan rings is 1. The number of hydrogen-bond acceptors (Lipinski definition) is 6. The molecule has 1 aromatic carbocycles. The molecule has 2 fully saturated rings. The number of hydrogen-bond donors (Lipinski definition) is 3. The molecule has 2 saturated heterocycles. The summed E-state index contributed by atoms with van der Waals surface area (Å²) in [5, 5.41) is 20.4. The molecule has 8 heteroatoms. The molecule has 0 unspecified atom stereocenters. The molecule has 3 aromatic rings. The van der Waals surface area contributed by atoms with Crippen LogP contribution in [0.1, 0.15) is 25.7 Å². The lowest BCUT2D eigenvalue weighted by Crippen LogP contribution is -2.44. The molecule has 2 aliphatic rings. The van der Waals surface area contributed by atoms with E-state index in [0.717, 1.165) is 40.0 Å². The van der Waals surface area contributed by atoms with E-state index in [2.05, 4.69) is 46.5 Å². The highest BCUT2D eigenvalue weighted by Crippen LogP contribution is 2.35. The van der Waals surface area contributed by atoms with E-state index in [4.69, 9.17) is 14.6 Å². The zero-order chi connectivity index (χ0) is 23.4. The zero-order valence-corrected chi connectivity index (χ0v) is 18.3. The Balaban J connectivity index is 0.000000281. The minimum atomic E-state index is -1.26. The Morgan fingerprint density at radius 3 is 2.36 bits per heavy atom. The van der Waals surface area contributed by atoms with Gasteiger partial charge >= 0.3 is 11.9 Å². The number of fused-ring (bicyclic) bond motifs is 3. The Bertz CT molecular complexity index is 1120. The number of benzene rings is 1. The number of nitrogens with zero attached hydrogens (tertiary/aromatic N) is 2. The first-order valence-electron chi connectivity index (χ1n) is 10.9. The molecule has 2 aliphatic heterocycles. The summed E-state index contributed by atoms with van der Waals surface area (Å²) in [6.45, 7) is 0. The van der Waals surface area contributed by atoms with Crippen molar-refractivity contribution in [3.63, 3.8) is 0 Å². The first-order chi connectivity index (χ1) is 15.9. The van der Waals surface area contributed by atoms with Crippen LogP contribution in [0.2, 0.25) is 0 Å². The third-order valence-electron chi connectivity index (χ3n) is 6.35. The fraction of sp³-hybridized carbons (Fsp3) is 0.320. The Labute approximate surface area is 191 Å². The highest BCUT2D eigenvalue weighted by atomic mass is 16.4. The maximum atomic E-state index is 9.55. The molecule has 33 heavy (non-hydrogen) atoms. The Hall–Kier alpha value is -3.65. The van der Waals surface area contributed by atoms with Crippen LogP contribution >= 0.6 is 0 Å². The maximum Gasteiger partial charge on any atom is 0.328 e. The zero-order valence-electron chi connectivity index (χ0n) is 18.3. The number of aromatic nitrogens is 1. The first-order valence-corrected chi connectivity index (χ1v) is 10.9. The standard InChI is InChI=1S/C21H23N3O.C4H4O4/c1-24-18-4-5-19(24)12-17(11-18)23-16-3-6-20(22-13-16)14-2-7-21-15(10-14)8-9-25-21;5-3(6)1-2-4(7)8/h2-3,6-10,13,17-19,23H,4-5,11-12H2,1H3;1-2H,(H,5,6)(H,7,8)/b;2-1+/t17-,18+,19-;. The number of carbonyl (C=O) groups is 2. The smallest absolute Gasteiger partial charge is 0.328 e. The van der Waals surface area contributed by atoms with Crippen molar-refractivity contribution in [3.05, 3.63) is 61.0 Å². The van der Waals surface area contributed by atoms with Crippen LogP contribution in [0.4, 0.5) is 5.69 Å². The van der Waals surface area contributed by atoms with Crippen LogP contribution in [0, 0.1) is 0 Å². The van der Waals surface area contributed by atoms with Gasteiger partial charge in [-0.05, 0) is 69.1 Å². The van der Waals surface area contributed by atoms with Gasteiger partial charge in [-0.15, -0.1) is 0 Å². The summed E-state index contributed by atoms with van der Waals surface area (Å²) in [5.41, 5.74) is 4.16. The van der Waals surface area contributed by atoms with Crippen molar-refractivity contribution in [1.82, 2.24) is 9.88 Å². The lowest BCUT2D eigenvalue weighted by atomic mass is 9.98. The number of piperidine rings is 1. The normalized spacial score (nSPS) is 22.2. The van der Waals surface area contributed by atoms with Crippen LogP contribution in [0.3, 0.4) is 0 Å². The fourth-order valence-corrected chi connectivity index (χ4v) is 4.68. The highest BCUT2D eigenvalue weighted by molar-refractivity contribution is 5.89. The molecule has 0 aliphatic carbocycles. The number of aliphatic carboxylic acids is 2. The summed E-state index contributed by atoms with van der Waals surface area (Å²) >= 11 is 0. The van der Waals surface area contributed by atoms with Gasteiger partial charge in [0, 0.05) is 41.2 Å². The fourth-order valence-electron chi connectivity index (χ4n) is 4.68. The quantitative estimate of drug-likeness (QED) is 0.495. The van der Waals surface area contributed by atoms with Crippen LogP contribution in [0.5, 0.6) is 0 Å². The van der Waals surface area contributed by atoms with Crippen LogP contribution in [0.15, 0.2) is 65.4 Å². The molecular formula is C25H27N3O5. The van der Waals surface area contributed by atoms with Crippen molar-refractivity contribution in [2.75, 3.05) is 12.4 Å². The van der Waals surface area contributed by atoms with E-state index in [0.29, 0.717) is 18.2 Å². The van der Waals surface area contributed by atoms with E-state index in [-0.39, 0.29) is 0 Å². The van der Waals surface area contributed by atoms with Gasteiger partial charge in [0.05, 0.1) is 23.8 Å². The van der Waals surface area contributed by atoms with E-state index in [1.54, 1.807) is 6.26 Å². The van der Waals surface area contributed by atoms with Gasteiger partial charge in [0.15, 0.2) is 0 Å². The minimum absolute atomic E-state index is 0.558. The van der Waals surface area contributed by atoms with Crippen LogP contribution in [-0.4, -0.2) is 57.2 Å². The first kappa shape index (κ1) is 22.5. The number of pyridine rings is 1. The molecule has 0 saturated carbocycles. The van der Waals surface area contributed by atoms with E-state index in [9.17, 15) is 9.59 Å². The molecule has 172 valence electrons. The van der Waals surface area contributed by atoms with Crippen LogP contribution in [-0.2, 0) is 9.59 Å². The van der Waals surface area contributed by atoms with E-state index < -0.39 is 11.9 Å². The number of carboxylic acids is 2. The van der Waals surface area contributed by atoms with Crippen molar-refractivity contribution in [3.8, 4) is 11.3 Å². The molecule has 2 bridgehead atoms. The van der Waals surface area contributed by atoms with E-state index >= 15 is 0 Å². The molecule has 4 heterocycles. The largest absolute Gasteiger partial charge is 0.478 e. The lowest BCUT2D eigenvalue weighted by Gasteiger charge is -2.37. The summed E-state index contributed by atoms with van der Waals surface area (Å²) in [6.07, 6.45) is 10.0. The summed E-state index contributed by atoms with van der Waals surface area (Å²) in [5.74, 6) is -2.51. The number of anilines is 1. The van der Waals surface area contributed by atoms with Crippen molar-refractivity contribution < 1.29 is 24.2 Å². The maximum absolute atomic E-state index is 9.55. The van der Waals surface area contributed by atoms with Crippen molar-refractivity contribution >= 4 is 28.6 Å². The van der Waals surface area contributed by atoms with Crippen LogP contribution in [0.25, 0.3) is 22.2 Å². The van der Waals surface area contributed by atoms with Gasteiger partial charge in [-0.2, -0.15) is 0 Å². The summed E-state index contributed by atoms with van der Waals surface area (Å²) < 4.78 is 5.41. The SMILES string of the molecule is CN1[C@@H]2CC[C@H]1C[C@@H](Nc1ccc(-c3ccc4occc4c3)nc1)C2.O=C(O)/C=C/C(=O)O. The lowest BCUT2D eigenvalue weighted by molar-refractivity contribution is -0.134. The monoisotopic (exact) mass is 449 g/mol. The van der Waals surface area contributed by atoms with Gasteiger partial charge in [0.1, 0.15) is 5.58 Å². The molecule has 3 N–H and O–H groups in total. The summed E-state index contributed by atoms with van der Waals surface area (Å²) in [4.78, 5) is 26.4. The topological polar surface area (TPSA) is 116 Å². The molecule has 5 rings (SSSR count). The van der Waals surface area contributed by atoms with Gasteiger partial charge in [-0.25, -0.2) is 9.59 Å². The Morgan fingerprint density at radius 2 is 1.76 bits per heavy atom. The van der Waals surface area contributed by atoms with Crippen molar-refractivity contribution in [1.29, 1.82) is 0 Å². The van der Waals surface area contributed by atoms with Gasteiger partial charge in [0.25, 0.3) is 0 Å². The van der Waals surface area contributed by atoms with E-state index in [1.165, 1.54) is 25.7 Å². The third kappa shape index (κ3) is 5.59. The van der Waals surface area contributed by atoms with Gasteiger partial charge in [-0.1, -0.05) is 0 Å².